The molecule has 0 atom stereocenters. The van der Waals surface area contributed by atoms with Crippen LogP contribution in [-0.4, -0.2) is 19.3 Å². The quantitative estimate of drug-likeness (QED) is 0.156. The molecule has 0 aliphatic rings. The van der Waals surface area contributed by atoms with Gasteiger partial charge in [-0.15, -0.1) is 41.3 Å². The van der Waals surface area contributed by atoms with Crippen LogP contribution in [0.5, 0.6) is 11.5 Å². The van der Waals surface area contributed by atoms with Crippen LogP contribution < -0.4 is 4.74 Å². The molecule has 0 unspecified atom stereocenters. The Bertz CT molecular complexity index is 2550. The van der Waals surface area contributed by atoms with Crippen LogP contribution in [0.4, 0.5) is 0 Å². The van der Waals surface area contributed by atoms with Crippen LogP contribution in [0.15, 0.2) is 79.0 Å². The second-order valence-electron chi connectivity index (χ2n) is 18.7. The molecule has 3 heterocycles. The van der Waals surface area contributed by atoms with Gasteiger partial charge in [0.25, 0.3) is 0 Å². The topological polar surface area (TPSA) is 44.9 Å². The van der Waals surface area contributed by atoms with Gasteiger partial charge in [-0.2, -0.15) is 11.2 Å². The summed E-state index contributed by atoms with van der Waals surface area (Å²) in [4.78, 5) is 4.83. The standard InChI is InChI=1S/C50H56N4O.Pt/c1-30(2)34-21-22-51-45(25-34)53-43-18-16-15-17-39(43)40-20-19-37(29-44(40)53)55-38-27-35(48(6,7)8)26-36(28-38)54-33(5)46(32(4)52-54)47-41(49(9,10)11)23-31(3)24-42(47)50(12,13)14;/h15-27,30H,1-14H3;/q-2;+2. The van der Waals surface area contributed by atoms with Gasteiger partial charge in [0.05, 0.1) is 5.69 Å². The van der Waals surface area contributed by atoms with Gasteiger partial charge in [0.15, 0.2) is 0 Å². The Labute approximate surface area is 348 Å². The molecule has 0 N–H and O–H groups in total. The van der Waals surface area contributed by atoms with Crippen molar-refractivity contribution < 1.29 is 25.8 Å². The van der Waals surface area contributed by atoms with Gasteiger partial charge in [-0.1, -0.05) is 118 Å². The van der Waals surface area contributed by atoms with Crippen molar-refractivity contribution in [2.75, 3.05) is 0 Å². The average molecular weight is 924 g/mol. The van der Waals surface area contributed by atoms with Crippen LogP contribution in [0.1, 0.15) is 121 Å². The van der Waals surface area contributed by atoms with E-state index in [0.29, 0.717) is 17.4 Å². The van der Waals surface area contributed by atoms with E-state index in [0.717, 1.165) is 50.3 Å². The molecule has 56 heavy (non-hydrogen) atoms. The van der Waals surface area contributed by atoms with Crippen LogP contribution in [0, 0.1) is 32.9 Å². The van der Waals surface area contributed by atoms with E-state index in [2.05, 4.69) is 185 Å². The first-order valence-corrected chi connectivity index (χ1v) is 19.6. The number of hydrogen-bond acceptors (Lipinski definition) is 3. The monoisotopic (exact) mass is 923 g/mol. The van der Waals surface area contributed by atoms with Crippen LogP contribution in [-0.2, 0) is 37.3 Å². The molecule has 0 fully saturated rings. The zero-order valence-corrected chi connectivity index (χ0v) is 37.9. The third-order valence-corrected chi connectivity index (χ3v) is 10.8. The average Bonchev–Trinajstić information content (AvgIpc) is 3.59. The first-order chi connectivity index (χ1) is 25.7. The molecular weight excluding hydrogens is 868 g/mol. The van der Waals surface area contributed by atoms with E-state index >= 15 is 0 Å². The largest absolute Gasteiger partial charge is 2.00 e. The number of ether oxygens (including phenoxy) is 1. The number of rotatable bonds is 6. The zero-order chi connectivity index (χ0) is 39.8. The number of pyridine rings is 1. The molecular formula is C50H56N4OPt. The normalized spacial score (nSPS) is 12.5. The van der Waals surface area contributed by atoms with E-state index in [9.17, 15) is 0 Å². The van der Waals surface area contributed by atoms with Crippen molar-refractivity contribution >= 4 is 21.8 Å². The van der Waals surface area contributed by atoms with Gasteiger partial charge >= 0.3 is 21.1 Å². The van der Waals surface area contributed by atoms with Gasteiger partial charge < -0.3 is 9.30 Å². The summed E-state index contributed by atoms with van der Waals surface area (Å²) in [6, 6.07) is 33.2. The van der Waals surface area contributed by atoms with Gasteiger partial charge in [0.2, 0.25) is 0 Å². The molecule has 0 aliphatic carbocycles. The number of aromatic nitrogens is 4. The molecule has 0 bridgehead atoms. The Kier molecular flexibility index (Phi) is 10.9. The fraction of sp³-hybridized carbons (Fsp3) is 0.360. The molecule has 0 aliphatic heterocycles. The molecule has 4 aromatic carbocycles. The van der Waals surface area contributed by atoms with Crippen LogP contribution in [0.25, 0.3) is 44.4 Å². The molecule has 7 aromatic rings. The number of para-hydroxylation sites is 1. The maximum absolute atomic E-state index is 6.75. The SMILES string of the molecule is Cc1cc(C(C)(C)C)c(-c2c(C)nn(-c3[c-]c(Oc4[c-]c5c(cc4)c4ccccc4n5-c4cc(C(C)C)ccn4)cc(C(C)(C)C)c3)c2C)c(C(C)(C)C)c1.[Pt+2]. The Morgan fingerprint density at radius 3 is 1.96 bits per heavy atom. The number of hydrogen-bond donors (Lipinski definition) is 0. The van der Waals surface area contributed by atoms with E-state index in [-0.39, 0.29) is 37.3 Å². The van der Waals surface area contributed by atoms with Crippen LogP contribution >= 0.6 is 0 Å². The van der Waals surface area contributed by atoms with Crippen molar-refractivity contribution in [1.82, 2.24) is 19.3 Å². The summed E-state index contributed by atoms with van der Waals surface area (Å²) in [5.74, 6) is 2.49. The molecule has 7 rings (SSSR count). The maximum Gasteiger partial charge on any atom is 2.00 e. The van der Waals surface area contributed by atoms with Crippen molar-refractivity contribution in [3.8, 4) is 34.1 Å². The van der Waals surface area contributed by atoms with E-state index in [4.69, 9.17) is 14.8 Å². The van der Waals surface area contributed by atoms with Crippen molar-refractivity contribution in [2.45, 2.75) is 119 Å². The Hall–Kier alpha value is -4.47. The summed E-state index contributed by atoms with van der Waals surface area (Å²) in [7, 11) is 0. The summed E-state index contributed by atoms with van der Waals surface area (Å²) in [6.07, 6.45) is 1.90. The minimum atomic E-state index is -0.149. The minimum absolute atomic E-state index is 0. The molecule has 0 amide bonds. The smallest absolute Gasteiger partial charge is 0.509 e. The number of benzene rings is 4. The van der Waals surface area contributed by atoms with Gasteiger partial charge in [-0.3, -0.25) is 4.68 Å². The minimum Gasteiger partial charge on any atom is -0.509 e. The predicted octanol–water partition coefficient (Wildman–Crippen LogP) is 13.4. The second kappa shape index (κ2) is 14.8. The van der Waals surface area contributed by atoms with Crippen LogP contribution in [0.2, 0.25) is 0 Å². The number of nitrogens with zero attached hydrogens (tertiary/aromatic N) is 4. The van der Waals surface area contributed by atoms with Crippen molar-refractivity contribution in [3.05, 3.63) is 130 Å². The summed E-state index contributed by atoms with van der Waals surface area (Å²) in [5.41, 5.74) is 13.5. The van der Waals surface area contributed by atoms with Gasteiger partial charge in [0.1, 0.15) is 5.82 Å². The van der Waals surface area contributed by atoms with Crippen LogP contribution in [0.3, 0.4) is 0 Å². The Balaban J connectivity index is 0.00000532. The summed E-state index contributed by atoms with van der Waals surface area (Å²) >= 11 is 0. The van der Waals surface area contributed by atoms with Crippen molar-refractivity contribution in [2.24, 2.45) is 0 Å². The summed E-state index contributed by atoms with van der Waals surface area (Å²) in [5, 5.41) is 7.49. The van der Waals surface area contributed by atoms with Gasteiger partial charge in [-0.25, -0.2) is 4.98 Å². The summed E-state index contributed by atoms with van der Waals surface area (Å²) in [6.45, 7) is 31.5. The fourth-order valence-electron chi connectivity index (χ4n) is 7.81. The first-order valence-electron chi connectivity index (χ1n) is 19.6. The summed E-state index contributed by atoms with van der Waals surface area (Å²) < 4.78 is 11.0. The van der Waals surface area contributed by atoms with Gasteiger partial charge in [0, 0.05) is 34.5 Å². The molecule has 0 saturated heterocycles. The molecule has 5 nitrogen and oxygen atoms in total. The zero-order valence-electron chi connectivity index (χ0n) is 35.6. The Morgan fingerprint density at radius 2 is 1.34 bits per heavy atom. The maximum atomic E-state index is 6.75. The molecule has 0 spiro atoms. The molecule has 0 saturated carbocycles. The van der Waals surface area contributed by atoms with E-state index in [1.807, 2.05) is 12.3 Å². The first kappa shape index (κ1) is 41.2. The van der Waals surface area contributed by atoms with Crippen molar-refractivity contribution in [1.29, 1.82) is 0 Å². The Morgan fingerprint density at radius 1 is 0.679 bits per heavy atom. The third-order valence-electron chi connectivity index (χ3n) is 10.8. The molecule has 0 radical (unpaired) electrons. The van der Waals surface area contributed by atoms with E-state index in [1.165, 1.54) is 33.4 Å². The molecule has 6 heteroatoms. The van der Waals surface area contributed by atoms with Gasteiger partial charge in [-0.05, 0) is 94.5 Å². The second-order valence-corrected chi connectivity index (χ2v) is 18.7. The van der Waals surface area contributed by atoms with E-state index < -0.39 is 0 Å². The molecule has 292 valence electrons. The molecule has 3 aromatic heterocycles. The third kappa shape index (κ3) is 7.64. The van der Waals surface area contributed by atoms with Crippen molar-refractivity contribution in [3.63, 3.8) is 0 Å². The van der Waals surface area contributed by atoms with E-state index in [1.54, 1.807) is 0 Å². The fourth-order valence-corrected chi connectivity index (χ4v) is 7.81. The number of aryl methyl sites for hydroxylation is 2. The number of fused-ring (bicyclic) bond motifs is 3. The predicted molar refractivity (Wildman–Crippen MR) is 230 cm³/mol.